The first kappa shape index (κ1) is 18.5. The third-order valence-electron chi connectivity index (χ3n) is 3.19. The normalized spacial score (nSPS) is 13.4. The Balaban J connectivity index is 2.36. The van der Waals surface area contributed by atoms with E-state index in [0.29, 0.717) is 0 Å². The molecule has 0 bridgehead atoms. The third kappa shape index (κ3) is 4.00. The molecule has 3 N–H and O–H groups in total. The second-order valence-electron chi connectivity index (χ2n) is 4.99. The number of fused-ring (bicyclic) bond motifs is 1. The molecule has 0 saturated carbocycles. The highest BCUT2D eigenvalue weighted by molar-refractivity contribution is 6.06. The van der Waals surface area contributed by atoms with E-state index in [2.05, 4.69) is 15.1 Å². The zero-order chi connectivity index (χ0) is 18.8. The molecular weight excluding hydrogens is 353 g/mol. The third-order valence-corrected chi connectivity index (χ3v) is 3.19. The van der Waals surface area contributed by atoms with Gasteiger partial charge in [0, 0.05) is 19.2 Å². The summed E-state index contributed by atoms with van der Waals surface area (Å²) >= 11 is 0. The molecule has 7 nitrogen and oxygen atoms in total. The van der Waals surface area contributed by atoms with Crippen molar-refractivity contribution in [1.82, 2.24) is 14.8 Å². The number of aryl methyl sites for hydroxylation is 1. The predicted octanol–water partition coefficient (Wildman–Crippen LogP) is 1.81. The number of nitrogens with two attached hydrogens (primary N) is 1. The van der Waals surface area contributed by atoms with Crippen LogP contribution in [0.2, 0.25) is 0 Å². The van der Waals surface area contributed by atoms with Crippen LogP contribution in [0.5, 0.6) is 0 Å². The number of hydrogen-bond donors (Lipinski definition) is 2. The average molecular weight is 365 g/mol. The van der Waals surface area contributed by atoms with Crippen LogP contribution in [-0.2, 0) is 11.3 Å². The minimum Gasteiger partial charge on any atom is -0.480 e. The summed E-state index contributed by atoms with van der Waals surface area (Å²) in [4.78, 5) is 18.0. The SMILES string of the molecule is NC(=NCC(=O)O)c1nn(CCC(F)(F)C(F)(F)F)c2ncccc12. The molecule has 0 amide bonds. The maximum absolute atomic E-state index is 13.1. The lowest BCUT2D eigenvalue weighted by Gasteiger charge is -2.19. The Morgan fingerprint density at radius 2 is 2.00 bits per heavy atom. The largest absolute Gasteiger partial charge is 0.480 e. The molecule has 0 unspecified atom stereocenters. The summed E-state index contributed by atoms with van der Waals surface area (Å²) in [5.74, 6) is -6.43. The molecule has 0 aliphatic heterocycles. The van der Waals surface area contributed by atoms with Crippen LogP contribution >= 0.6 is 0 Å². The topological polar surface area (TPSA) is 106 Å². The number of nitrogens with zero attached hydrogens (tertiary/aromatic N) is 4. The molecule has 2 aromatic heterocycles. The minimum atomic E-state index is -5.67. The molecule has 2 heterocycles. The number of halogens is 5. The van der Waals surface area contributed by atoms with Crippen LogP contribution in [-0.4, -0.2) is 50.3 Å². The van der Waals surface area contributed by atoms with Crippen molar-refractivity contribution in [3.63, 3.8) is 0 Å². The fourth-order valence-electron chi connectivity index (χ4n) is 1.97. The van der Waals surface area contributed by atoms with Crippen LogP contribution in [0.3, 0.4) is 0 Å². The van der Waals surface area contributed by atoms with E-state index in [0.717, 1.165) is 4.68 Å². The van der Waals surface area contributed by atoms with Gasteiger partial charge in [-0.25, -0.2) is 9.67 Å². The van der Waals surface area contributed by atoms with Gasteiger partial charge in [0.1, 0.15) is 18.1 Å². The number of hydrogen-bond acceptors (Lipinski definition) is 4. The smallest absolute Gasteiger partial charge is 0.453 e. The second-order valence-corrected chi connectivity index (χ2v) is 4.99. The molecule has 0 aliphatic carbocycles. The number of amidine groups is 1. The summed E-state index contributed by atoms with van der Waals surface area (Å²) in [5.41, 5.74) is 5.62. The summed E-state index contributed by atoms with van der Waals surface area (Å²) in [6.45, 7) is -1.42. The summed E-state index contributed by atoms with van der Waals surface area (Å²) in [7, 11) is 0. The number of pyridine rings is 1. The molecule has 0 atom stereocenters. The first-order chi connectivity index (χ1) is 11.5. The van der Waals surface area contributed by atoms with Crippen LogP contribution in [0, 0.1) is 0 Å². The number of carboxylic acids is 1. The Morgan fingerprint density at radius 3 is 2.60 bits per heavy atom. The van der Waals surface area contributed by atoms with Crippen LogP contribution < -0.4 is 5.73 Å². The molecule has 0 aliphatic rings. The fourth-order valence-corrected chi connectivity index (χ4v) is 1.97. The van der Waals surface area contributed by atoms with E-state index >= 15 is 0 Å². The molecule has 2 aromatic rings. The molecule has 0 aromatic carbocycles. The van der Waals surface area contributed by atoms with E-state index in [1.807, 2.05) is 0 Å². The fraction of sp³-hybridized carbons (Fsp3) is 0.385. The predicted molar refractivity (Wildman–Crippen MR) is 76.4 cm³/mol. The van der Waals surface area contributed by atoms with Crippen molar-refractivity contribution in [2.45, 2.75) is 25.1 Å². The van der Waals surface area contributed by atoms with Crippen molar-refractivity contribution in [3.05, 3.63) is 24.0 Å². The van der Waals surface area contributed by atoms with Crippen LogP contribution in [0.4, 0.5) is 22.0 Å². The van der Waals surface area contributed by atoms with Gasteiger partial charge in [-0.05, 0) is 12.1 Å². The lowest BCUT2D eigenvalue weighted by atomic mass is 10.2. The quantitative estimate of drug-likeness (QED) is 0.461. The van der Waals surface area contributed by atoms with E-state index < -0.39 is 37.6 Å². The van der Waals surface area contributed by atoms with Gasteiger partial charge in [0.05, 0.1) is 5.39 Å². The maximum atomic E-state index is 13.1. The van der Waals surface area contributed by atoms with Gasteiger partial charge >= 0.3 is 18.1 Å². The van der Waals surface area contributed by atoms with Crippen LogP contribution in [0.1, 0.15) is 12.1 Å². The highest BCUT2D eigenvalue weighted by Crippen LogP contribution is 2.38. The van der Waals surface area contributed by atoms with E-state index in [4.69, 9.17) is 10.8 Å². The van der Waals surface area contributed by atoms with Crippen LogP contribution in [0.25, 0.3) is 11.0 Å². The van der Waals surface area contributed by atoms with Gasteiger partial charge in [0.25, 0.3) is 0 Å². The van der Waals surface area contributed by atoms with Crippen molar-refractivity contribution < 1.29 is 31.9 Å². The number of carboxylic acid groups (broad SMARTS) is 1. The van der Waals surface area contributed by atoms with Crippen molar-refractivity contribution in [2.24, 2.45) is 10.7 Å². The summed E-state index contributed by atoms with van der Waals surface area (Å²) in [6, 6.07) is 2.94. The maximum Gasteiger partial charge on any atom is 0.453 e. The van der Waals surface area contributed by atoms with Crippen molar-refractivity contribution in [2.75, 3.05) is 6.54 Å². The number of aliphatic imine (C=N–C) groups is 1. The zero-order valence-corrected chi connectivity index (χ0v) is 12.5. The van der Waals surface area contributed by atoms with Gasteiger partial charge in [-0.15, -0.1) is 0 Å². The summed E-state index contributed by atoms with van der Waals surface area (Å²) < 4.78 is 63.8. The van der Waals surface area contributed by atoms with E-state index in [-0.39, 0.29) is 22.6 Å². The highest BCUT2D eigenvalue weighted by Gasteiger charge is 2.56. The van der Waals surface area contributed by atoms with Gasteiger partial charge < -0.3 is 10.8 Å². The van der Waals surface area contributed by atoms with Crippen LogP contribution in [0.15, 0.2) is 23.3 Å². The van der Waals surface area contributed by atoms with E-state index in [9.17, 15) is 26.7 Å². The van der Waals surface area contributed by atoms with Gasteiger partial charge in [-0.2, -0.15) is 27.1 Å². The summed E-state index contributed by atoms with van der Waals surface area (Å²) in [5, 5.41) is 12.7. The first-order valence-electron chi connectivity index (χ1n) is 6.81. The Morgan fingerprint density at radius 1 is 1.32 bits per heavy atom. The average Bonchev–Trinajstić information content (AvgIpc) is 2.88. The Hall–Kier alpha value is -2.79. The second kappa shape index (κ2) is 6.61. The highest BCUT2D eigenvalue weighted by atomic mass is 19.4. The van der Waals surface area contributed by atoms with E-state index in [1.165, 1.54) is 18.3 Å². The number of carbonyl (C=O) groups is 1. The summed E-state index contributed by atoms with van der Waals surface area (Å²) in [6.07, 6.45) is -5.90. The number of aliphatic carboxylic acids is 1. The molecule has 0 fully saturated rings. The molecular formula is C13H12F5N5O2. The van der Waals surface area contributed by atoms with Gasteiger partial charge in [0.2, 0.25) is 0 Å². The van der Waals surface area contributed by atoms with Gasteiger partial charge in [-0.3, -0.25) is 9.79 Å². The molecule has 2 rings (SSSR count). The van der Waals surface area contributed by atoms with E-state index in [1.54, 1.807) is 0 Å². The molecule has 136 valence electrons. The monoisotopic (exact) mass is 365 g/mol. The molecule has 0 radical (unpaired) electrons. The van der Waals surface area contributed by atoms with Crippen molar-refractivity contribution in [3.8, 4) is 0 Å². The standard InChI is InChI=1S/C13H12F5N5O2/c14-12(15,13(16,17)18)3-5-23-11-7(2-1-4-20-11)9(22-23)10(19)21-6-8(24)25/h1-2,4H,3,5-6H2,(H2,19,21)(H,24,25). The number of rotatable bonds is 6. The van der Waals surface area contributed by atoms with Crippen molar-refractivity contribution in [1.29, 1.82) is 0 Å². The van der Waals surface area contributed by atoms with Gasteiger partial charge in [0.15, 0.2) is 5.65 Å². The van der Waals surface area contributed by atoms with Gasteiger partial charge in [-0.1, -0.05) is 0 Å². The number of aromatic nitrogens is 3. The zero-order valence-electron chi connectivity index (χ0n) is 12.5. The lowest BCUT2D eigenvalue weighted by Crippen LogP contribution is -2.37. The molecule has 12 heteroatoms. The molecule has 25 heavy (non-hydrogen) atoms. The molecule has 0 saturated heterocycles. The lowest BCUT2D eigenvalue weighted by molar-refractivity contribution is -0.285. The minimum absolute atomic E-state index is 0.0314. The first-order valence-corrected chi connectivity index (χ1v) is 6.81. The Labute approximate surface area is 137 Å². The Kier molecular flexibility index (Phi) is 4.90. The van der Waals surface area contributed by atoms with Crippen molar-refractivity contribution >= 4 is 22.8 Å². The Bertz CT molecular complexity index is 815. The number of alkyl halides is 5. The molecule has 0 spiro atoms.